The minimum atomic E-state index is 0.728. The summed E-state index contributed by atoms with van der Waals surface area (Å²) >= 11 is 0. The van der Waals surface area contributed by atoms with Gasteiger partial charge in [0, 0.05) is 12.1 Å². The predicted molar refractivity (Wildman–Crippen MR) is 78.9 cm³/mol. The summed E-state index contributed by atoms with van der Waals surface area (Å²) in [5.41, 5.74) is 0. The average molecular weight is 252 g/mol. The Balaban J connectivity index is 1.60. The number of rotatable bonds is 4. The minimum absolute atomic E-state index is 0.728. The molecule has 0 atom stereocenters. The van der Waals surface area contributed by atoms with Crippen molar-refractivity contribution in [2.24, 2.45) is 11.8 Å². The van der Waals surface area contributed by atoms with Crippen molar-refractivity contribution >= 4 is 0 Å². The molecule has 0 amide bonds. The van der Waals surface area contributed by atoms with Gasteiger partial charge in [-0.3, -0.25) is 0 Å². The molecule has 2 nitrogen and oxygen atoms in total. The molecule has 0 bridgehead atoms. The molecule has 0 unspecified atom stereocenters. The molecule has 1 heterocycles. The second-order valence-electron chi connectivity index (χ2n) is 6.94. The van der Waals surface area contributed by atoms with E-state index in [9.17, 15) is 0 Å². The summed E-state index contributed by atoms with van der Waals surface area (Å²) in [5.74, 6) is 1.94. The molecule has 18 heavy (non-hydrogen) atoms. The zero-order valence-electron chi connectivity index (χ0n) is 12.6. The molecule has 1 aliphatic carbocycles. The van der Waals surface area contributed by atoms with Crippen molar-refractivity contribution < 1.29 is 0 Å². The molecule has 0 spiro atoms. The first-order valence-electron chi connectivity index (χ1n) is 8.12. The van der Waals surface area contributed by atoms with Gasteiger partial charge in [-0.1, -0.05) is 19.8 Å². The van der Waals surface area contributed by atoms with E-state index in [4.69, 9.17) is 0 Å². The Morgan fingerprint density at radius 2 is 1.61 bits per heavy atom. The van der Waals surface area contributed by atoms with E-state index in [2.05, 4.69) is 31.0 Å². The topological polar surface area (TPSA) is 15.3 Å². The molecule has 0 radical (unpaired) electrons. The summed E-state index contributed by atoms with van der Waals surface area (Å²) in [6, 6.07) is 1.52. The lowest BCUT2D eigenvalue weighted by Gasteiger charge is -2.36. The molecule has 0 aromatic carbocycles. The summed E-state index contributed by atoms with van der Waals surface area (Å²) in [4.78, 5) is 2.61. The fraction of sp³-hybridized carbons (Fsp3) is 1.00. The Morgan fingerprint density at radius 3 is 2.17 bits per heavy atom. The lowest BCUT2D eigenvalue weighted by Crippen LogP contribution is -2.46. The first kappa shape index (κ1) is 14.3. The van der Waals surface area contributed by atoms with Gasteiger partial charge in [0.15, 0.2) is 0 Å². The minimum Gasteiger partial charge on any atom is -0.314 e. The molecule has 1 aliphatic heterocycles. The van der Waals surface area contributed by atoms with Crippen molar-refractivity contribution in [3.8, 4) is 0 Å². The molecule has 2 rings (SSSR count). The monoisotopic (exact) mass is 252 g/mol. The van der Waals surface area contributed by atoms with Crippen LogP contribution in [0.1, 0.15) is 59.3 Å². The van der Waals surface area contributed by atoms with Crippen LogP contribution in [0.2, 0.25) is 0 Å². The van der Waals surface area contributed by atoms with Crippen molar-refractivity contribution in [1.82, 2.24) is 10.2 Å². The molecular formula is C16H32N2. The SMILES string of the molecule is CC1CCC(CNC2CCN(C(C)C)CC2)CC1. The summed E-state index contributed by atoms with van der Waals surface area (Å²) in [5, 5.41) is 3.84. The standard InChI is InChI=1S/C16H32N2/c1-13(2)18-10-8-16(9-11-18)17-12-15-6-4-14(3)5-7-15/h13-17H,4-12H2,1-3H3. The highest BCUT2D eigenvalue weighted by atomic mass is 15.2. The van der Waals surface area contributed by atoms with E-state index in [1.807, 2.05) is 0 Å². The Hall–Kier alpha value is -0.0800. The van der Waals surface area contributed by atoms with Gasteiger partial charge < -0.3 is 10.2 Å². The van der Waals surface area contributed by atoms with Gasteiger partial charge in [-0.2, -0.15) is 0 Å². The second kappa shape index (κ2) is 6.91. The number of piperidine rings is 1. The molecular weight excluding hydrogens is 220 g/mol. The van der Waals surface area contributed by atoms with Gasteiger partial charge >= 0.3 is 0 Å². The third-order valence-corrected chi connectivity index (χ3v) is 5.09. The van der Waals surface area contributed by atoms with Gasteiger partial charge in [-0.25, -0.2) is 0 Å². The summed E-state index contributed by atoms with van der Waals surface area (Å²) in [6.45, 7) is 10.9. The van der Waals surface area contributed by atoms with Crippen LogP contribution < -0.4 is 5.32 Å². The van der Waals surface area contributed by atoms with Crippen LogP contribution in [0, 0.1) is 11.8 Å². The van der Waals surface area contributed by atoms with Crippen LogP contribution in [0.3, 0.4) is 0 Å². The zero-order valence-corrected chi connectivity index (χ0v) is 12.6. The van der Waals surface area contributed by atoms with E-state index in [0.29, 0.717) is 0 Å². The van der Waals surface area contributed by atoms with Gasteiger partial charge in [0.05, 0.1) is 0 Å². The van der Waals surface area contributed by atoms with Gasteiger partial charge in [-0.05, 0) is 71.0 Å². The maximum Gasteiger partial charge on any atom is 0.00915 e. The Kier molecular flexibility index (Phi) is 5.50. The lowest BCUT2D eigenvalue weighted by molar-refractivity contribution is 0.156. The van der Waals surface area contributed by atoms with Crippen molar-refractivity contribution in [2.75, 3.05) is 19.6 Å². The quantitative estimate of drug-likeness (QED) is 0.826. The highest BCUT2D eigenvalue weighted by Gasteiger charge is 2.22. The third-order valence-electron chi connectivity index (χ3n) is 5.09. The second-order valence-corrected chi connectivity index (χ2v) is 6.94. The van der Waals surface area contributed by atoms with Crippen LogP contribution in [-0.4, -0.2) is 36.6 Å². The van der Waals surface area contributed by atoms with Crippen molar-refractivity contribution in [3.05, 3.63) is 0 Å². The maximum absolute atomic E-state index is 3.84. The van der Waals surface area contributed by atoms with Crippen LogP contribution in [0.4, 0.5) is 0 Å². The number of nitrogens with zero attached hydrogens (tertiary/aromatic N) is 1. The molecule has 0 aromatic heterocycles. The van der Waals surface area contributed by atoms with Crippen LogP contribution in [0.5, 0.6) is 0 Å². The van der Waals surface area contributed by atoms with Gasteiger partial charge in [-0.15, -0.1) is 0 Å². The zero-order chi connectivity index (χ0) is 13.0. The van der Waals surface area contributed by atoms with E-state index in [0.717, 1.165) is 23.9 Å². The van der Waals surface area contributed by atoms with Gasteiger partial charge in [0.1, 0.15) is 0 Å². The van der Waals surface area contributed by atoms with Crippen LogP contribution in [-0.2, 0) is 0 Å². The average Bonchev–Trinajstić information content (AvgIpc) is 2.38. The molecule has 2 heteroatoms. The highest BCUT2D eigenvalue weighted by molar-refractivity contribution is 4.80. The third kappa shape index (κ3) is 4.24. The van der Waals surface area contributed by atoms with E-state index < -0.39 is 0 Å². The van der Waals surface area contributed by atoms with E-state index in [-0.39, 0.29) is 0 Å². The molecule has 1 saturated carbocycles. The Bertz CT molecular complexity index is 223. The molecule has 0 aromatic rings. The Morgan fingerprint density at radius 1 is 1.00 bits per heavy atom. The normalized spacial score (nSPS) is 32.0. The summed E-state index contributed by atoms with van der Waals surface area (Å²) in [7, 11) is 0. The van der Waals surface area contributed by atoms with Crippen LogP contribution in [0.15, 0.2) is 0 Å². The van der Waals surface area contributed by atoms with Gasteiger partial charge in [0.2, 0.25) is 0 Å². The van der Waals surface area contributed by atoms with E-state index in [1.54, 1.807) is 0 Å². The molecule has 2 aliphatic rings. The first-order valence-corrected chi connectivity index (χ1v) is 8.12. The molecule has 2 fully saturated rings. The fourth-order valence-corrected chi connectivity index (χ4v) is 3.49. The molecule has 106 valence electrons. The summed E-state index contributed by atoms with van der Waals surface area (Å²) in [6.07, 6.45) is 8.52. The van der Waals surface area contributed by atoms with E-state index >= 15 is 0 Å². The largest absolute Gasteiger partial charge is 0.314 e. The highest BCUT2D eigenvalue weighted by Crippen LogP contribution is 2.28. The first-order chi connectivity index (χ1) is 8.65. The van der Waals surface area contributed by atoms with Gasteiger partial charge in [0.25, 0.3) is 0 Å². The molecule has 1 N–H and O–H groups in total. The van der Waals surface area contributed by atoms with Crippen LogP contribution in [0.25, 0.3) is 0 Å². The van der Waals surface area contributed by atoms with Crippen molar-refractivity contribution in [2.45, 2.75) is 71.4 Å². The van der Waals surface area contributed by atoms with Crippen molar-refractivity contribution in [1.29, 1.82) is 0 Å². The smallest absolute Gasteiger partial charge is 0.00915 e. The number of hydrogen-bond acceptors (Lipinski definition) is 2. The molecule has 1 saturated heterocycles. The van der Waals surface area contributed by atoms with E-state index in [1.165, 1.54) is 58.2 Å². The lowest BCUT2D eigenvalue weighted by atomic mass is 9.83. The Labute approximate surface area is 114 Å². The van der Waals surface area contributed by atoms with Crippen molar-refractivity contribution in [3.63, 3.8) is 0 Å². The number of nitrogens with one attached hydrogen (secondary N) is 1. The number of likely N-dealkylation sites (tertiary alicyclic amines) is 1. The summed E-state index contributed by atoms with van der Waals surface area (Å²) < 4.78 is 0. The predicted octanol–water partition coefficient (Wildman–Crippen LogP) is 3.28. The number of hydrogen-bond donors (Lipinski definition) is 1. The maximum atomic E-state index is 3.84. The fourth-order valence-electron chi connectivity index (χ4n) is 3.49. The van der Waals surface area contributed by atoms with Crippen LogP contribution >= 0.6 is 0 Å².